The molecule has 2 rings (SSSR count). The molecule has 0 aliphatic heterocycles. The number of aryl methyl sites for hydroxylation is 3. The van der Waals surface area contributed by atoms with Gasteiger partial charge in [0.05, 0.1) is 12.2 Å². The highest BCUT2D eigenvalue weighted by molar-refractivity contribution is 6.30. The van der Waals surface area contributed by atoms with Crippen LogP contribution in [0, 0.1) is 6.92 Å². The van der Waals surface area contributed by atoms with Crippen molar-refractivity contribution in [2.45, 2.75) is 13.5 Å². The predicted octanol–water partition coefficient (Wildman–Crippen LogP) is 0.325. The summed E-state index contributed by atoms with van der Waals surface area (Å²) >= 11 is 6.07. The largest absolute Gasteiger partial charge is 0.345 e. The summed E-state index contributed by atoms with van der Waals surface area (Å²) in [6, 6.07) is 0. The van der Waals surface area contributed by atoms with E-state index in [1.165, 1.54) is 15.6 Å². The van der Waals surface area contributed by atoms with Crippen molar-refractivity contribution in [1.29, 1.82) is 0 Å². The summed E-state index contributed by atoms with van der Waals surface area (Å²) in [5.41, 5.74) is 1.47. The molecule has 2 heterocycles. The van der Waals surface area contributed by atoms with Crippen LogP contribution in [0.1, 0.15) is 11.3 Å². The highest BCUT2D eigenvalue weighted by Gasteiger charge is 2.13. The third-order valence-corrected chi connectivity index (χ3v) is 2.94. The first-order valence-electron chi connectivity index (χ1n) is 4.77. The van der Waals surface area contributed by atoms with Crippen molar-refractivity contribution in [3.8, 4) is 0 Å². The molecule has 0 fully saturated rings. The Morgan fingerprint density at radius 1 is 1.44 bits per heavy atom. The first kappa shape index (κ1) is 10.9. The van der Waals surface area contributed by atoms with Crippen LogP contribution in [0.5, 0.6) is 0 Å². The Labute approximate surface area is 97.1 Å². The van der Waals surface area contributed by atoms with Gasteiger partial charge in [-0.25, -0.2) is 9.48 Å². The second kappa shape index (κ2) is 3.79. The minimum absolute atomic E-state index is 0.167. The van der Waals surface area contributed by atoms with E-state index >= 15 is 0 Å². The van der Waals surface area contributed by atoms with E-state index < -0.39 is 0 Å². The number of aromatic nitrogens is 5. The van der Waals surface area contributed by atoms with Crippen LogP contribution in [0.2, 0.25) is 5.15 Å². The van der Waals surface area contributed by atoms with E-state index in [2.05, 4.69) is 10.2 Å². The van der Waals surface area contributed by atoms with Crippen LogP contribution in [0.3, 0.4) is 0 Å². The molecule has 0 unspecified atom stereocenters. The molecule has 0 bridgehead atoms. The third kappa shape index (κ3) is 1.65. The third-order valence-electron chi connectivity index (χ3n) is 2.46. The van der Waals surface area contributed by atoms with Gasteiger partial charge in [0.1, 0.15) is 11.5 Å². The Kier molecular flexibility index (Phi) is 2.59. The molecule has 7 heteroatoms. The van der Waals surface area contributed by atoms with Crippen molar-refractivity contribution in [2.75, 3.05) is 0 Å². The lowest BCUT2D eigenvalue weighted by Crippen LogP contribution is -2.23. The minimum atomic E-state index is -0.167. The predicted molar refractivity (Wildman–Crippen MR) is 59.5 cm³/mol. The summed E-state index contributed by atoms with van der Waals surface area (Å²) in [4.78, 5) is 11.6. The molecule has 0 aliphatic carbocycles. The molecule has 0 saturated heterocycles. The molecule has 0 saturated carbocycles. The second-order valence-electron chi connectivity index (χ2n) is 3.66. The van der Waals surface area contributed by atoms with Gasteiger partial charge < -0.3 is 0 Å². The molecule has 6 nitrogen and oxygen atoms in total. The van der Waals surface area contributed by atoms with Gasteiger partial charge in [-0.2, -0.15) is 10.2 Å². The normalized spacial score (nSPS) is 11.0. The standard InChI is InChI=1S/C9H12ClN5O/c1-6-7(8(10)14(3)12-6)4-15-9(16)13(2)5-11-15/h5H,4H2,1-3H3. The molecular weight excluding hydrogens is 230 g/mol. The van der Waals surface area contributed by atoms with E-state index in [0.717, 1.165) is 11.3 Å². The smallest absolute Gasteiger partial charge is 0.285 e. The molecule has 0 N–H and O–H groups in total. The van der Waals surface area contributed by atoms with Crippen LogP contribution >= 0.6 is 11.6 Å². The van der Waals surface area contributed by atoms with Crippen molar-refractivity contribution in [3.05, 3.63) is 33.2 Å². The molecule has 2 aromatic rings. The van der Waals surface area contributed by atoms with Crippen molar-refractivity contribution < 1.29 is 0 Å². The van der Waals surface area contributed by atoms with Gasteiger partial charge >= 0.3 is 5.69 Å². The topological polar surface area (TPSA) is 57.6 Å². The highest BCUT2D eigenvalue weighted by atomic mass is 35.5. The Morgan fingerprint density at radius 3 is 2.56 bits per heavy atom. The first-order valence-corrected chi connectivity index (χ1v) is 5.15. The van der Waals surface area contributed by atoms with Gasteiger partial charge in [-0.1, -0.05) is 11.6 Å². The summed E-state index contributed by atoms with van der Waals surface area (Å²) in [6.45, 7) is 2.20. The molecule has 2 aromatic heterocycles. The number of rotatable bonds is 2. The lowest BCUT2D eigenvalue weighted by atomic mass is 10.3. The monoisotopic (exact) mass is 241 g/mol. The summed E-state index contributed by atoms with van der Waals surface area (Å²) in [7, 11) is 3.42. The fraction of sp³-hybridized carbons (Fsp3) is 0.444. The van der Waals surface area contributed by atoms with E-state index in [1.807, 2.05) is 6.92 Å². The zero-order chi connectivity index (χ0) is 11.9. The van der Waals surface area contributed by atoms with Crippen molar-refractivity contribution in [2.24, 2.45) is 14.1 Å². The molecule has 16 heavy (non-hydrogen) atoms. The van der Waals surface area contributed by atoms with Gasteiger partial charge in [0.2, 0.25) is 0 Å². The molecule has 0 amide bonds. The summed E-state index contributed by atoms with van der Waals surface area (Å²) in [5.74, 6) is 0. The molecule has 0 spiro atoms. The summed E-state index contributed by atoms with van der Waals surface area (Å²) < 4.78 is 4.36. The molecule has 0 radical (unpaired) electrons. The lowest BCUT2D eigenvalue weighted by molar-refractivity contribution is 0.644. The van der Waals surface area contributed by atoms with Crippen molar-refractivity contribution in [3.63, 3.8) is 0 Å². The number of hydrogen-bond acceptors (Lipinski definition) is 3. The van der Waals surface area contributed by atoms with Gasteiger partial charge in [-0.3, -0.25) is 9.25 Å². The summed E-state index contributed by atoms with van der Waals surface area (Å²) in [5, 5.41) is 8.69. The zero-order valence-electron chi connectivity index (χ0n) is 9.31. The Balaban J connectivity index is 2.41. The Morgan fingerprint density at radius 2 is 2.12 bits per heavy atom. The molecule has 0 aliphatic rings. The molecule has 0 atom stereocenters. The molecule has 0 aromatic carbocycles. The van der Waals surface area contributed by atoms with E-state index in [1.54, 1.807) is 18.8 Å². The SMILES string of the molecule is Cc1nn(C)c(Cl)c1Cn1ncn(C)c1=O. The number of hydrogen-bond donors (Lipinski definition) is 0. The van der Waals surface area contributed by atoms with Gasteiger partial charge in [0, 0.05) is 19.7 Å². The lowest BCUT2D eigenvalue weighted by Gasteiger charge is -1.99. The maximum Gasteiger partial charge on any atom is 0.345 e. The van der Waals surface area contributed by atoms with E-state index in [4.69, 9.17) is 11.6 Å². The van der Waals surface area contributed by atoms with Gasteiger partial charge in [0.25, 0.3) is 0 Å². The molecular formula is C9H12ClN5O. The van der Waals surface area contributed by atoms with E-state index in [9.17, 15) is 4.79 Å². The average Bonchev–Trinajstić information content (AvgIpc) is 2.66. The van der Waals surface area contributed by atoms with Crippen LogP contribution in [0.25, 0.3) is 0 Å². The van der Waals surface area contributed by atoms with Gasteiger partial charge in [-0.15, -0.1) is 0 Å². The number of nitrogens with zero attached hydrogens (tertiary/aromatic N) is 5. The Bertz CT molecular complexity index is 579. The average molecular weight is 242 g/mol. The first-order chi connectivity index (χ1) is 7.50. The zero-order valence-corrected chi connectivity index (χ0v) is 10.1. The van der Waals surface area contributed by atoms with Crippen LogP contribution in [0.15, 0.2) is 11.1 Å². The quantitative estimate of drug-likeness (QED) is 0.761. The molecule has 86 valence electrons. The van der Waals surface area contributed by atoms with E-state index in [-0.39, 0.29) is 5.69 Å². The van der Waals surface area contributed by atoms with Gasteiger partial charge in [0.15, 0.2) is 0 Å². The van der Waals surface area contributed by atoms with Crippen LogP contribution in [0.4, 0.5) is 0 Å². The summed E-state index contributed by atoms with van der Waals surface area (Å²) in [6.07, 6.45) is 1.47. The Hall–Kier alpha value is -1.56. The second-order valence-corrected chi connectivity index (χ2v) is 4.02. The fourth-order valence-electron chi connectivity index (χ4n) is 1.53. The maximum atomic E-state index is 11.6. The van der Waals surface area contributed by atoms with Crippen molar-refractivity contribution >= 4 is 11.6 Å². The van der Waals surface area contributed by atoms with Crippen molar-refractivity contribution in [1.82, 2.24) is 24.1 Å². The van der Waals surface area contributed by atoms with Gasteiger partial charge in [-0.05, 0) is 6.92 Å². The van der Waals surface area contributed by atoms with Crippen LogP contribution in [-0.4, -0.2) is 24.1 Å². The minimum Gasteiger partial charge on any atom is -0.285 e. The number of halogens is 1. The highest BCUT2D eigenvalue weighted by Crippen LogP contribution is 2.18. The van der Waals surface area contributed by atoms with Crippen LogP contribution < -0.4 is 5.69 Å². The fourth-order valence-corrected chi connectivity index (χ4v) is 1.77. The van der Waals surface area contributed by atoms with Crippen LogP contribution in [-0.2, 0) is 20.6 Å². The van der Waals surface area contributed by atoms with E-state index in [0.29, 0.717) is 11.7 Å². The maximum absolute atomic E-state index is 11.6.